The van der Waals surface area contributed by atoms with E-state index in [0.29, 0.717) is 57.0 Å². The number of carbonyl (C=O) groups is 1. The molecule has 2 aliphatic rings. The maximum atomic E-state index is 14.0. The van der Waals surface area contributed by atoms with Gasteiger partial charge in [-0.3, -0.25) is 13.9 Å². The number of hydrogen-bond acceptors (Lipinski definition) is 5. The molecule has 3 heterocycles. The average molecular weight is 536 g/mol. The molecule has 1 amide bonds. The van der Waals surface area contributed by atoms with Crippen molar-refractivity contribution in [3.05, 3.63) is 89.5 Å². The lowest BCUT2D eigenvalue weighted by atomic mass is 10.0. The highest BCUT2D eigenvalue weighted by molar-refractivity contribution is 7.89. The molecule has 0 radical (unpaired) electrons. The molecule has 2 fully saturated rings. The number of sulfonamides is 1. The van der Waals surface area contributed by atoms with E-state index in [2.05, 4.69) is 11.9 Å². The van der Waals surface area contributed by atoms with E-state index in [0.717, 1.165) is 5.56 Å². The molecular formula is C28H33N5O4S. The van der Waals surface area contributed by atoms with Crippen molar-refractivity contribution in [2.45, 2.75) is 30.3 Å². The van der Waals surface area contributed by atoms with Gasteiger partial charge in [-0.2, -0.15) is 4.31 Å². The van der Waals surface area contributed by atoms with Crippen molar-refractivity contribution < 1.29 is 13.2 Å². The van der Waals surface area contributed by atoms with Gasteiger partial charge in [-0.15, -0.1) is 6.58 Å². The number of allylic oxidation sites excluding steroid dienone is 1. The normalized spacial score (nSPS) is 18.8. The number of carbonyl (C=O) groups excluding carboxylic acids is 1. The molecule has 1 unspecified atom stereocenters. The standard InChI is InChI=1S/C28H33N5O4S/c1-2-17-32-26(27(34)30-19-15-29-16-20-30)25(22-10-5-3-6-11-22)33(28(32)35)23-12-9-18-31(21-23)38(36,37)24-13-7-4-8-14-24/h2-8,10-11,13-14,23,29H,1,9,12,15-21H2. The van der Waals surface area contributed by atoms with Gasteiger partial charge >= 0.3 is 5.69 Å². The van der Waals surface area contributed by atoms with Crippen LogP contribution in [0.3, 0.4) is 0 Å². The second-order valence-electron chi connectivity index (χ2n) is 9.63. The van der Waals surface area contributed by atoms with Gasteiger partial charge in [-0.25, -0.2) is 13.2 Å². The second-order valence-corrected chi connectivity index (χ2v) is 11.6. The third kappa shape index (κ3) is 4.87. The number of amides is 1. The lowest BCUT2D eigenvalue weighted by molar-refractivity contribution is 0.0726. The molecule has 3 aromatic rings. The fraction of sp³-hybridized carbons (Fsp3) is 0.357. The van der Waals surface area contributed by atoms with Gasteiger partial charge < -0.3 is 10.2 Å². The minimum Gasteiger partial charge on any atom is -0.335 e. The Bertz CT molecular complexity index is 1460. The number of piperidine rings is 1. The molecule has 9 nitrogen and oxygen atoms in total. The van der Waals surface area contributed by atoms with Crippen molar-refractivity contribution in [1.29, 1.82) is 0 Å². The van der Waals surface area contributed by atoms with Crippen LogP contribution in [-0.4, -0.2) is 71.9 Å². The zero-order valence-electron chi connectivity index (χ0n) is 21.3. The van der Waals surface area contributed by atoms with Crippen LogP contribution in [0.5, 0.6) is 0 Å². The Labute approximate surface area is 223 Å². The van der Waals surface area contributed by atoms with Gasteiger partial charge in [0.15, 0.2) is 0 Å². The van der Waals surface area contributed by atoms with Gasteiger partial charge in [0.05, 0.1) is 16.6 Å². The Morgan fingerprint density at radius 3 is 2.32 bits per heavy atom. The molecule has 2 aromatic carbocycles. The predicted molar refractivity (Wildman–Crippen MR) is 147 cm³/mol. The first kappa shape index (κ1) is 26.1. The molecule has 0 bridgehead atoms. The van der Waals surface area contributed by atoms with Crippen molar-refractivity contribution in [3.63, 3.8) is 0 Å². The topological polar surface area (TPSA) is 96.7 Å². The molecule has 200 valence electrons. The zero-order valence-corrected chi connectivity index (χ0v) is 22.1. The molecule has 1 N–H and O–H groups in total. The van der Waals surface area contributed by atoms with Crippen molar-refractivity contribution in [3.8, 4) is 11.3 Å². The lowest BCUT2D eigenvalue weighted by Gasteiger charge is -2.33. The van der Waals surface area contributed by atoms with Crippen molar-refractivity contribution in [2.24, 2.45) is 0 Å². The van der Waals surface area contributed by atoms with Crippen LogP contribution in [0.1, 0.15) is 29.4 Å². The number of hydrogen-bond donors (Lipinski definition) is 1. The summed E-state index contributed by atoms with van der Waals surface area (Å²) in [6.45, 7) is 7.00. The number of aromatic nitrogens is 2. The van der Waals surface area contributed by atoms with Crippen molar-refractivity contribution >= 4 is 15.9 Å². The summed E-state index contributed by atoms with van der Waals surface area (Å²) in [4.78, 5) is 29.9. The number of rotatable bonds is 7. The number of imidazole rings is 1. The summed E-state index contributed by atoms with van der Waals surface area (Å²) >= 11 is 0. The van der Waals surface area contributed by atoms with E-state index in [1.165, 1.54) is 8.87 Å². The SMILES string of the molecule is C=CCn1c(C(=O)N2CCNCC2)c(-c2ccccc2)n(C2CCCN(S(=O)(=O)c3ccccc3)C2)c1=O. The fourth-order valence-electron chi connectivity index (χ4n) is 5.40. The van der Waals surface area contributed by atoms with Gasteiger partial charge in [0.2, 0.25) is 10.0 Å². The molecule has 0 aliphatic carbocycles. The maximum Gasteiger partial charge on any atom is 0.329 e. The van der Waals surface area contributed by atoms with Gasteiger partial charge in [0.1, 0.15) is 5.69 Å². The lowest BCUT2D eigenvalue weighted by Crippen LogP contribution is -2.47. The number of benzene rings is 2. The minimum atomic E-state index is -3.73. The first-order valence-electron chi connectivity index (χ1n) is 13.0. The largest absolute Gasteiger partial charge is 0.335 e. The summed E-state index contributed by atoms with van der Waals surface area (Å²) in [7, 11) is -3.73. The second kappa shape index (κ2) is 11.1. The number of nitrogens with zero attached hydrogens (tertiary/aromatic N) is 4. The maximum absolute atomic E-state index is 14.0. The summed E-state index contributed by atoms with van der Waals surface area (Å²) < 4.78 is 31.5. The van der Waals surface area contributed by atoms with Crippen LogP contribution >= 0.6 is 0 Å². The van der Waals surface area contributed by atoms with Crippen LogP contribution in [0.25, 0.3) is 11.3 Å². The summed E-state index contributed by atoms with van der Waals surface area (Å²) in [5, 5.41) is 3.26. The molecule has 10 heteroatoms. The molecule has 0 saturated carbocycles. The molecule has 5 rings (SSSR count). The van der Waals surface area contributed by atoms with Crippen molar-refractivity contribution in [2.75, 3.05) is 39.3 Å². The Balaban J connectivity index is 1.63. The van der Waals surface area contributed by atoms with Crippen LogP contribution in [-0.2, 0) is 16.6 Å². The van der Waals surface area contributed by atoms with Gasteiger partial charge in [-0.05, 0) is 25.0 Å². The Hall–Kier alpha value is -3.47. The van der Waals surface area contributed by atoms with Crippen LogP contribution in [0, 0.1) is 0 Å². The Morgan fingerprint density at radius 1 is 1.00 bits per heavy atom. The number of nitrogens with one attached hydrogen (secondary N) is 1. The van der Waals surface area contributed by atoms with Gasteiger partial charge in [-0.1, -0.05) is 54.6 Å². The molecule has 2 aliphatic heterocycles. The highest BCUT2D eigenvalue weighted by Gasteiger charge is 2.36. The minimum absolute atomic E-state index is 0.149. The van der Waals surface area contributed by atoms with E-state index < -0.39 is 16.1 Å². The highest BCUT2D eigenvalue weighted by atomic mass is 32.2. The summed E-state index contributed by atoms with van der Waals surface area (Å²) in [5.41, 5.74) is 1.27. The molecule has 1 aromatic heterocycles. The summed E-state index contributed by atoms with van der Waals surface area (Å²) in [6.07, 6.45) is 2.84. The molecule has 2 saturated heterocycles. The summed E-state index contributed by atoms with van der Waals surface area (Å²) in [5.74, 6) is -0.201. The van der Waals surface area contributed by atoms with Crippen molar-refractivity contribution in [1.82, 2.24) is 23.7 Å². The molecule has 1 atom stereocenters. The monoisotopic (exact) mass is 535 g/mol. The number of piperazine rings is 1. The van der Waals surface area contributed by atoms with Crippen LogP contribution < -0.4 is 11.0 Å². The first-order chi connectivity index (χ1) is 18.4. The Morgan fingerprint density at radius 2 is 1.66 bits per heavy atom. The molecular weight excluding hydrogens is 502 g/mol. The van der Waals surface area contributed by atoms with E-state index in [9.17, 15) is 18.0 Å². The quantitative estimate of drug-likeness (QED) is 0.469. The predicted octanol–water partition coefficient (Wildman–Crippen LogP) is 2.57. The van der Waals surface area contributed by atoms with E-state index in [-0.39, 0.29) is 29.6 Å². The highest BCUT2D eigenvalue weighted by Crippen LogP contribution is 2.32. The van der Waals surface area contributed by atoms with E-state index in [1.54, 1.807) is 45.9 Å². The van der Waals surface area contributed by atoms with Crippen LogP contribution in [0.4, 0.5) is 0 Å². The molecule has 38 heavy (non-hydrogen) atoms. The first-order valence-corrected chi connectivity index (χ1v) is 14.4. The van der Waals surface area contributed by atoms with Crippen LogP contribution in [0.2, 0.25) is 0 Å². The fourth-order valence-corrected chi connectivity index (χ4v) is 6.94. The molecule has 0 spiro atoms. The average Bonchev–Trinajstić information content (AvgIpc) is 3.26. The van der Waals surface area contributed by atoms with E-state index in [4.69, 9.17) is 0 Å². The van der Waals surface area contributed by atoms with E-state index in [1.807, 2.05) is 30.3 Å². The van der Waals surface area contributed by atoms with Gasteiger partial charge in [0, 0.05) is 51.4 Å². The summed E-state index contributed by atoms with van der Waals surface area (Å²) in [6, 6.07) is 17.4. The Kier molecular flexibility index (Phi) is 7.64. The zero-order chi connectivity index (χ0) is 26.7. The van der Waals surface area contributed by atoms with Crippen LogP contribution in [0.15, 0.2) is 83.0 Å². The smallest absolute Gasteiger partial charge is 0.329 e. The van der Waals surface area contributed by atoms with E-state index >= 15 is 0 Å². The van der Waals surface area contributed by atoms with Gasteiger partial charge in [0.25, 0.3) is 5.91 Å². The third-order valence-corrected chi connectivity index (χ3v) is 9.12. The third-order valence-electron chi connectivity index (χ3n) is 7.24.